The van der Waals surface area contributed by atoms with Gasteiger partial charge in [-0.3, -0.25) is 4.90 Å². The standard InChI is InChI=1S/C19H24N4O/c1-14-10-15(2)21-19(20-14)23-12-17-18(13-23)24-9-8-22(17)11-16-6-4-3-5-7-16/h3-7,10,17-18H,8-9,11-13H2,1-2H3/t17-,18-/m1/s1. The number of aryl methyl sites for hydroxylation is 2. The lowest BCUT2D eigenvalue weighted by atomic mass is 10.1. The molecule has 2 saturated heterocycles. The summed E-state index contributed by atoms with van der Waals surface area (Å²) in [5.74, 6) is 0.838. The van der Waals surface area contributed by atoms with Crippen LogP contribution in [0.3, 0.4) is 0 Å². The molecule has 5 heteroatoms. The number of aromatic nitrogens is 2. The van der Waals surface area contributed by atoms with Gasteiger partial charge in [0.1, 0.15) is 0 Å². The van der Waals surface area contributed by atoms with Crippen molar-refractivity contribution in [1.29, 1.82) is 0 Å². The van der Waals surface area contributed by atoms with E-state index in [1.165, 1.54) is 5.56 Å². The normalized spacial score (nSPS) is 24.2. The van der Waals surface area contributed by atoms with Crippen LogP contribution in [0.15, 0.2) is 36.4 Å². The van der Waals surface area contributed by atoms with Gasteiger partial charge in [-0.15, -0.1) is 0 Å². The maximum Gasteiger partial charge on any atom is 0.225 e. The first-order valence-corrected chi connectivity index (χ1v) is 8.66. The summed E-state index contributed by atoms with van der Waals surface area (Å²) in [7, 11) is 0. The average Bonchev–Trinajstić information content (AvgIpc) is 3.00. The van der Waals surface area contributed by atoms with Crippen molar-refractivity contribution in [3.8, 4) is 0 Å². The van der Waals surface area contributed by atoms with Crippen molar-refractivity contribution in [2.45, 2.75) is 32.5 Å². The molecule has 3 heterocycles. The predicted molar refractivity (Wildman–Crippen MR) is 94.1 cm³/mol. The van der Waals surface area contributed by atoms with E-state index in [0.29, 0.717) is 6.04 Å². The van der Waals surface area contributed by atoms with E-state index < -0.39 is 0 Å². The van der Waals surface area contributed by atoms with Gasteiger partial charge in [-0.1, -0.05) is 30.3 Å². The summed E-state index contributed by atoms with van der Waals surface area (Å²) in [5.41, 5.74) is 3.41. The third-order valence-corrected chi connectivity index (χ3v) is 4.90. The molecular weight excluding hydrogens is 300 g/mol. The second-order valence-corrected chi connectivity index (χ2v) is 6.79. The summed E-state index contributed by atoms with van der Waals surface area (Å²) in [6.07, 6.45) is 0.242. The van der Waals surface area contributed by atoms with Crippen LogP contribution in [0.4, 0.5) is 5.95 Å². The van der Waals surface area contributed by atoms with Crippen LogP contribution in [0.5, 0.6) is 0 Å². The first kappa shape index (κ1) is 15.5. The van der Waals surface area contributed by atoms with Crippen molar-refractivity contribution in [1.82, 2.24) is 14.9 Å². The number of rotatable bonds is 3. The minimum Gasteiger partial charge on any atom is -0.373 e. The zero-order valence-corrected chi connectivity index (χ0v) is 14.4. The molecule has 2 aromatic rings. The Bertz CT molecular complexity index is 686. The largest absolute Gasteiger partial charge is 0.373 e. The van der Waals surface area contributed by atoms with Crippen molar-refractivity contribution in [2.75, 3.05) is 31.1 Å². The second-order valence-electron chi connectivity index (χ2n) is 6.79. The van der Waals surface area contributed by atoms with Crippen LogP contribution in [0, 0.1) is 13.8 Å². The highest BCUT2D eigenvalue weighted by Crippen LogP contribution is 2.27. The molecule has 1 aromatic carbocycles. The van der Waals surface area contributed by atoms with Crippen molar-refractivity contribution < 1.29 is 4.74 Å². The molecule has 5 nitrogen and oxygen atoms in total. The van der Waals surface area contributed by atoms with Gasteiger partial charge in [0, 0.05) is 37.6 Å². The van der Waals surface area contributed by atoms with Crippen molar-refractivity contribution in [2.24, 2.45) is 0 Å². The third-order valence-electron chi connectivity index (χ3n) is 4.90. The first-order chi connectivity index (χ1) is 11.7. The van der Waals surface area contributed by atoms with E-state index >= 15 is 0 Å². The highest BCUT2D eigenvalue weighted by Gasteiger charge is 2.40. The molecule has 126 valence electrons. The fourth-order valence-corrected chi connectivity index (χ4v) is 3.78. The molecule has 4 rings (SSSR count). The molecule has 0 N–H and O–H groups in total. The Balaban J connectivity index is 1.51. The van der Waals surface area contributed by atoms with Crippen molar-refractivity contribution >= 4 is 5.95 Å². The van der Waals surface area contributed by atoms with Gasteiger partial charge in [0.25, 0.3) is 0 Å². The molecule has 0 unspecified atom stereocenters. The fourth-order valence-electron chi connectivity index (χ4n) is 3.78. The van der Waals surface area contributed by atoms with E-state index in [4.69, 9.17) is 4.74 Å². The summed E-state index contributed by atoms with van der Waals surface area (Å²) in [4.78, 5) is 14.1. The van der Waals surface area contributed by atoms with Crippen LogP contribution in [0.25, 0.3) is 0 Å². The molecule has 2 fully saturated rings. The molecule has 0 bridgehead atoms. The minimum absolute atomic E-state index is 0.242. The van der Waals surface area contributed by atoms with Crippen molar-refractivity contribution in [3.63, 3.8) is 0 Å². The lowest BCUT2D eigenvalue weighted by Gasteiger charge is -2.36. The predicted octanol–water partition coefficient (Wildman–Crippen LogP) is 2.18. The Labute approximate surface area is 143 Å². The van der Waals surface area contributed by atoms with Gasteiger partial charge in [0.15, 0.2) is 0 Å². The van der Waals surface area contributed by atoms with Crippen LogP contribution >= 0.6 is 0 Å². The van der Waals surface area contributed by atoms with E-state index in [0.717, 1.165) is 50.1 Å². The van der Waals surface area contributed by atoms with E-state index in [-0.39, 0.29) is 6.10 Å². The minimum atomic E-state index is 0.242. The monoisotopic (exact) mass is 324 g/mol. The van der Waals surface area contributed by atoms with Crippen LogP contribution in [0.2, 0.25) is 0 Å². The van der Waals surface area contributed by atoms with Crippen LogP contribution in [-0.4, -0.2) is 53.3 Å². The molecule has 0 amide bonds. The van der Waals surface area contributed by atoms with E-state index in [1.54, 1.807) is 0 Å². The SMILES string of the molecule is Cc1cc(C)nc(N2C[C@@H]3[C@@H](C2)OCCN3Cc2ccccc2)n1. The van der Waals surface area contributed by atoms with Crippen LogP contribution in [-0.2, 0) is 11.3 Å². The zero-order chi connectivity index (χ0) is 16.5. The highest BCUT2D eigenvalue weighted by atomic mass is 16.5. The van der Waals surface area contributed by atoms with Crippen LogP contribution in [0.1, 0.15) is 17.0 Å². The molecule has 0 aliphatic carbocycles. The van der Waals surface area contributed by atoms with Gasteiger partial charge in [-0.25, -0.2) is 9.97 Å². The number of morpholine rings is 1. The average molecular weight is 324 g/mol. The van der Waals surface area contributed by atoms with E-state index in [9.17, 15) is 0 Å². The van der Waals surface area contributed by atoms with Gasteiger partial charge >= 0.3 is 0 Å². The molecule has 2 aliphatic rings. The van der Waals surface area contributed by atoms with Gasteiger partial charge in [0.2, 0.25) is 5.95 Å². The molecule has 0 radical (unpaired) electrons. The van der Waals surface area contributed by atoms with Gasteiger partial charge in [0.05, 0.1) is 18.8 Å². The smallest absolute Gasteiger partial charge is 0.225 e. The Kier molecular flexibility index (Phi) is 4.21. The second kappa shape index (κ2) is 6.49. The third kappa shape index (κ3) is 3.14. The Morgan fingerprint density at radius 1 is 1.08 bits per heavy atom. The Morgan fingerprint density at radius 3 is 2.58 bits per heavy atom. The van der Waals surface area contributed by atoms with Gasteiger partial charge in [-0.05, 0) is 25.5 Å². The van der Waals surface area contributed by atoms with E-state index in [1.807, 2.05) is 19.9 Å². The number of benzene rings is 1. The van der Waals surface area contributed by atoms with Gasteiger partial charge in [-0.2, -0.15) is 0 Å². The lowest BCUT2D eigenvalue weighted by molar-refractivity contribution is -0.0499. The number of anilines is 1. The molecule has 0 spiro atoms. The molecular formula is C19H24N4O. The Hall–Kier alpha value is -1.98. The van der Waals surface area contributed by atoms with E-state index in [2.05, 4.69) is 50.1 Å². The number of nitrogens with zero attached hydrogens (tertiary/aromatic N) is 4. The van der Waals surface area contributed by atoms with Crippen LogP contribution < -0.4 is 4.90 Å². The topological polar surface area (TPSA) is 41.5 Å². The molecule has 2 aliphatic heterocycles. The number of hydrogen-bond acceptors (Lipinski definition) is 5. The molecule has 24 heavy (non-hydrogen) atoms. The molecule has 1 aromatic heterocycles. The molecule has 2 atom stereocenters. The number of hydrogen-bond donors (Lipinski definition) is 0. The number of fused-ring (bicyclic) bond motifs is 1. The summed E-state index contributed by atoms with van der Waals surface area (Å²) >= 11 is 0. The maximum atomic E-state index is 6.04. The number of ether oxygens (including phenoxy) is 1. The Morgan fingerprint density at radius 2 is 1.83 bits per heavy atom. The highest BCUT2D eigenvalue weighted by molar-refractivity contribution is 5.35. The summed E-state index contributed by atoms with van der Waals surface area (Å²) in [6, 6.07) is 13.1. The summed E-state index contributed by atoms with van der Waals surface area (Å²) < 4.78 is 6.04. The van der Waals surface area contributed by atoms with Gasteiger partial charge < -0.3 is 9.64 Å². The fraction of sp³-hybridized carbons (Fsp3) is 0.474. The summed E-state index contributed by atoms with van der Waals surface area (Å²) in [5, 5.41) is 0. The quantitative estimate of drug-likeness (QED) is 0.866. The van der Waals surface area contributed by atoms with Crippen molar-refractivity contribution in [3.05, 3.63) is 53.3 Å². The first-order valence-electron chi connectivity index (χ1n) is 8.66. The summed E-state index contributed by atoms with van der Waals surface area (Å²) in [6.45, 7) is 8.62. The lowest BCUT2D eigenvalue weighted by Crippen LogP contribution is -2.50. The molecule has 0 saturated carbocycles. The maximum absolute atomic E-state index is 6.04. The zero-order valence-electron chi connectivity index (χ0n) is 14.4.